The molecule has 0 spiro atoms. The van der Waals surface area contributed by atoms with Crippen molar-refractivity contribution in [3.05, 3.63) is 29.6 Å². The minimum atomic E-state index is 0.00445. The van der Waals surface area contributed by atoms with Crippen LogP contribution in [-0.2, 0) is 11.3 Å². The number of hydrogen-bond acceptors (Lipinski definition) is 3. The van der Waals surface area contributed by atoms with Gasteiger partial charge in [0.1, 0.15) is 0 Å². The maximum atomic E-state index is 12.0. The van der Waals surface area contributed by atoms with Gasteiger partial charge in [-0.1, -0.05) is 13.0 Å². The first kappa shape index (κ1) is 12.0. The number of pyridine rings is 1. The van der Waals surface area contributed by atoms with Crippen LogP contribution in [0.25, 0.3) is 0 Å². The zero-order valence-electron chi connectivity index (χ0n) is 10.4. The number of carbonyl (C=O) groups excluding carboxylic acids is 1. The van der Waals surface area contributed by atoms with Crippen molar-refractivity contribution >= 4 is 5.91 Å². The molecule has 2 rings (SSSR count). The third-order valence-corrected chi connectivity index (χ3v) is 3.05. The molecule has 1 amide bonds. The normalized spacial score (nSPS) is 20.0. The number of carbonyl (C=O) groups is 1. The Morgan fingerprint density at radius 1 is 1.53 bits per heavy atom. The maximum absolute atomic E-state index is 12.0. The van der Waals surface area contributed by atoms with Gasteiger partial charge in [0, 0.05) is 12.2 Å². The molecule has 0 aromatic carbocycles. The van der Waals surface area contributed by atoms with Gasteiger partial charge in [-0.15, -0.1) is 0 Å². The number of aryl methyl sites for hydroxylation is 1. The molecule has 2 heterocycles. The third kappa shape index (κ3) is 2.82. The van der Waals surface area contributed by atoms with Crippen molar-refractivity contribution < 1.29 is 4.79 Å². The lowest BCUT2D eigenvalue weighted by Gasteiger charge is -2.16. The Morgan fingerprint density at radius 3 is 3.06 bits per heavy atom. The van der Waals surface area contributed by atoms with Crippen LogP contribution in [0.3, 0.4) is 0 Å². The summed E-state index contributed by atoms with van der Waals surface area (Å²) in [5.74, 6) is 0.204. The van der Waals surface area contributed by atoms with Gasteiger partial charge in [-0.25, -0.2) is 0 Å². The molecule has 1 unspecified atom stereocenters. The molecule has 1 atom stereocenters. The SMILES string of the molecule is CCNC1CCN(Cc2cccc(C)n2)C1=O. The van der Waals surface area contributed by atoms with Crippen LogP contribution in [0.2, 0.25) is 0 Å². The molecule has 1 fully saturated rings. The molecule has 4 heteroatoms. The van der Waals surface area contributed by atoms with Gasteiger partial charge in [-0.2, -0.15) is 0 Å². The van der Waals surface area contributed by atoms with Crippen LogP contribution >= 0.6 is 0 Å². The summed E-state index contributed by atoms with van der Waals surface area (Å²) in [5.41, 5.74) is 1.97. The highest BCUT2D eigenvalue weighted by Crippen LogP contribution is 2.14. The summed E-state index contributed by atoms with van der Waals surface area (Å²) in [4.78, 5) is 18.3. The van der Waals surface area contributed by atoms with Gasteiger partial charge < -0.3 is 10.2 Å². The zero-order chi connectivity index (χ0) is 12.3. The summed E-state index contributed by atoms with van der Waals surface area (Å²) in [6.07, 6.45) is 0.901. The Balaban J connectivity index is 1.99. The van der Waals surface area contributed by atoms with Crippen LogP contribution in [0, 0.1) is 6.92 Å². The first-order valence-corrected chi connectivity index (χ1v) is 6.15. The van der Waals surface area contributed by atoms with E-state index >= 15 is 0 Å². The quantitative estimate of drug-likeness (QED) is 0.847. The van der Waals surface area contributed by atoms with Crippen LogP contribution < -0.4 is 5.32 Å². The smallest absolute Gasteiger partial charge is 0.240 e. The monoisotopic (exact) mass is 233 g/mol. The van der Waals surface area contributed by atoms with E-state index in [-0.39, 0.29) is 11.9 Å². The molecule has 1 aliphatic rings. The van der Waals surface area contributed by atoms with Crippen molar-refractivity contribution in [2.45, 2.75) is 32.9 Å². The van der Waals surface area contributed by atoms with Crippen molar-refractivity contribution in [3.8, 4) is 0 Å². The van der Waals surface area contributed by atoms with Gasteiger partial charge in [0.05, 0.1) is 18.3 Å². The Morgan fingerprint density at radius 2 is 2.35 bits per heavy atom. The molecular formula is C13H19N3O. The number of rotatable bonds is 4. The Labute approximate surface area is 102 Å². The van der Waals surface area contributed by atoms with E-state index in [1.807, 2.05) is 36.9 Å². The highest BCUT2D eigenvalue weighted by Gasteiger charge is 2.30. The van der Waals surface area contributed by atoms with Gasteiger partial charge in [0.2, 0.25) is 5.91 Å². The summed E-state index contributed by atoms with van der Waals surface area (Å²) < 4.78 is 0. The molecule has 1 saturated heterocycles. The summed E-state index contributed by atoms with van der Waals surface area (Å²) in [6, 6.07) is 5.93. The molecule has 4 nitrogen and oxygen atoms in total. The zero-order valence-corrected chi connectivity index (χ0v) is 10.4. The van der Waals surface area contributed by atoms with Crippen molar-refractivity contribution in [2.24, 2.45) is 0 Å². The minimum Gasteiger partial charge on any atom is -0.335 e. The van der Waals surface area contributed by atoms with E-state index in [1.54, 1.807) is 0 Å². The number of nitrogens with one attached hydrogen (secondary N) is 1. The van der Waals surface area contributed by atoms with E-state index < -0.39 is 0 Å². The number of aromatic nitrogens is 1. The standard InChI is InChI=1S/C13H19N3O/c1-3-14-12-7-8-16(13(12)17)9-11-6-4-5-10(2)15-11/h4-6,12,14H,3,7-9H2,1-2H3. The summed E-state index contributed by atoms with van der Waals surface area (Å²) >= 11 is 0. The topological polar surface area (TPSA) is 45.2 Å². The second kappa shape index (κ2) is 5.27. The molecule has 0 aliphatic carbocycles. The van der Waals surface area contributed by atoms with Crippen LogP contribution in [0.5, 0.6) is 0 Å². The molecule has 1 aliphatic heterocycles. The Hall–Kier alpha value is -1.42. The summed E-state index contributed by atoms with van der Waals surface area (Å²) in [5, 5.41) is 3.21. The number of likely N-dealkylation sites (N-methyl/N-ethyl adjacent to an activating group) is 1. The summed E-state index contributed by atoms with van der Waals surface area (Å²) in [6.45, 7) is 6.29. The van der Waals surface area contributed by atoms with E-state index in [1.165, 1.54) is 0 Å². The number of likely N-dealkylation sites (tertiary alicyclic amines) is 1. The molecule has 1 aromatic rings. The average molecular weight is 233 g/mol. The maximum Gasteiger partial charge on any atom is 0.240 e. The highest BCUT2D eigenvalue weighted by atomic mass is 16.2. The third-order valence-electron chi connectivity index (χ3n) is 3.05. The predicted molar refractivity (Wildman–Crippen MR) is 66.5 cm³/mol. The first-order chi connectivity index (χ1) is 8.20. The fourth-order valence-electron chi connectivity index (χ4n) is 2.21. The molecule has 1 N–H and O–H groups in total. The van der Waals surface area contributed by atoms with Crippen LogP contribution in [0.4, 0.5) is 0 Å². The van der Waals surface area contributed by atoms with Crippen LogP contribution in [-0.4, -0.2) is 34.9 Å². The Kier molecular flexibility index (Phi) is 3.74. The average Bonchev–Trinajstić information content (AvgIpc) is 2.62. The Bertz CT molecular complexity index is 405. The lowest BCUT2D eigenvalue weighted by molar-refractivity contribution is -0.129. The molecule has 0 bridgehead atoms. The number of amides is 1. The van der Waals surface area contributed by atoms with Crippen LogP contribution in [0.1, 0.15) is 24.7 Å². The lowest BCUT2D eigenvalue weighted by Crippen LogP contribution is -2.37. The molecular weight excluding hydrogens is 214 g/mol. The van der Waals surface area contributed by atoms with Crippen molar-refractivity contribution in [2.75, 3.05) is 13.1 Å². The second-order valence-electron chi connectivity index (χ2n) is 4.43. The van der Waals surface area contributed by atoms with Crippen molar-refractivity contribution in [1.29, 1.82) is 0 Å². The molecule has 0 saturated carbocycles. The second-order valence-corrected chi connectivity index (χ2v) is 4.43. The highest BCUT2D eigenvalue weighted by molar-refractivity contribution is 5.83. The largest absolute Gasteiger partial charge is 0.335 e. The molecule has 0 radical (unpaired) electrons. The van der Waals surface area contributed by atoms with Crippen molar-refractivity contribution in [1.82, 2.24) is 15.2 Å². The molecule has 1 aromatic heterocycles. The number of hydrogen-bond donors (Lipinski definition) is 1. The predicted octanol–water partition coefficient (Wildman–Crippen LogP) is 1.10. The van der Waals surface area contributed by atoms with Crippen LogP contribution in [0.15, 0.2) is 18.2 Å². The van der Waals surface area contributed by atoms with E-state index in [4.69, 9.17) is 0 Å². The van der Waals surface area contributed by atoms with Gasteiger partial charge in [0.15, 0.2) is 0 Å². The fraction of sp³-hybridized carbons (Fsp3) is 0.538. The van der Waals surface area contributed by atoms with Gasteiger partial charge >= 0.3 is 0 Å². The first-order valence-electron chi connectivity index (χ1n) is 6.15. The molecule has 17 heavy (non-hydrogen) atoms. The lowest BCUT2D eigenvalue weighted by atomic mass is 10.2. The molecule has 92 valence electrons. The fourth-order valence-corrected chi connectivity index (χ4v) is 2.21. The van der Waals surface area contributed by atoms with E-state index in [0.717, 1.165) is 30.9 Å². The van der Waals surface area contributed by atoms with E-state index in [9.17, 15) is 4.79 Å². The van der Waals surface area contributed by atoms with E-state index in [0.29, 0.717) is 6.54 Å². The van der Waals surface area contributed by atoms with Gasteiger partial charge in [0.25, 0.3) is 0 Å². The summed E-state index contributed by atoms with van der Waals surface area (Å²) in [7, 11) is 0. The minimum absolute atomic E-state index is 0.00445. The van der Waals surface area contributed by atoms with E-state index in [2.05, 4.69) is 10.3 Å². The van der Waals surface area contributed by atoms with Gasteiger partial charge in [-0.3, -0.25) is 9.78 Å². The number of nitrogens with zero attached hydrogens (tertiary/aromatic N) is 2. The van der Waals surface area contributed by atoms with Crippen molar-refractivity contribution in [3.63, 3.8) is 0 Å². The van der Waals surface area contributed by atoms with Gasteiger partial charge in [-0.05, 0) is 32.0 Å².